The molecule has 1 saturated heterocycles. The van der Waals surface area contributed by atoms with E-state index in [1.807, 2.05) is 30.3 Å². The van der Waals surface area contributed by atoms with Crippen molar-refractivity contribution in [1.82, 2.24) is 4.90 Å². The van der Waals surface area contributed by atoms with Gasteiger partial charge in [0.2, 0.25) is 0 Å². The first-order valence-electron chi connectivity index (χ1n) is 7.46. The zero-order valence-corrected chi connectivity index (χ0v) is 13.9. The number of halogens is 3. The summed E-state index contributed by atoms with van der Waals surface area (Å²) in [5, 5.41) is 0. The van der Waals surface area contributed by atoms with Gasteiger partial charge in [-0.3, -0.25) is 4.90 Å². The molecule has 2 aromatic carbocycles. The van der Waals surface area contributed by atoms with Gasteiger partial charge in [0, 0.05) is 12.2 Å². The Bertz CT molecular complexity index is 723. The van der Waals surface area contributed by atoms with Gasteiger partial charge in [0.25, 0.3) is 0 Å². The van der Waals surface area contributed by atoms with E-state index >= 15 is 0 Å². The number of amides is 2. The summed E-state index contributed by atoms with van der Waals surface area (Å²) in [5.41, 5.74) is 1.55. The van der Waals surface area contributed by atoms with Gasteiger partial charge in [-0.15, -0.1) is 24.9 Å². The van der Waals surface area contributed by atoms with Crippen LogP contribution in [0.1, 0.15) is 5.56 Å². The maximum absolute atomic E-state index is 12.6. The van der Waals surface area contributed by atoms with Gasteiger partial charge < -0.3 is 9.64 Å². The number of rotatable bonds is 4. The molecule has 1 aliphatic heterocycles. The normalized spacial score (nSPS) is 15.4. The van der Waals surface area contributed by atoms with Gasteiger partial charge in [-0.05, 0) is 29.8 Å². The molecule has 25 heavy (non-hydrogen) atoms. The van der Waals surface area contributed by atoms with Crippen LogP contribution in [0.5, 0.6) is 5.75 Å². The van der Waals surface area contributed by atoms with Crippen LogP contribution in [0.3, 0.4) is 0 Å². The molecule has 2 aromatic rings. The van der Waals surface area contributed by atoms with E-state index in [1.54, 1.807) is 21.6 Å². The molecule has 0 aliphatic carbocycles. The molecule has 0 saturated carbocycles. The summed E-state index contributed by atoms with van der Waals surface area (Å²) in [5.74, 6) is 0.822. The summed E-state index contributed by atoms with van der Waals surface area (Å²) in [6, 6.07) is 14.8. The molecule has 8 heteroatoms. The van der Waals surface area contributed by atoms with Gasteiger partial charge in [0.1, 0.15) is 5.75 Å². The minimum absolute atomic E-state index is 0.124. The number of carbonyl (C=O) groups is 1. The molecule has 3 rings (SSSR count). The van der Waals surface area contributed by atoms with Gasteiger partial charge in [-0.25, -0.2) is 4.79 Å². The fourth-order valence-corrected chi connectivity index (χ4v) is 3.39. The highest BCUT2D eigenvalue weighted by Crippen LogP contribution is 2.27. The van der Waals surface area contributed by atoms with Gasteiger partial charge in [-0.1, -0.05) is 30.3 Å². The van der Waals surface area contributed by atoms with Crippen LogP contribution in [0.2, 0.25) is 0 Å². The summed E-state index contributed by atoms with van der Waals surface area (Å²) in [6.07, 6.45) is -4.71. The van der Waals surface area contributed by atoms with Crippen LogP contribution in [0, 0.1) is 0 Å². The van der Waals surface area contributed by atoms with Crippen molar-refractivity contribution in [2.45, 2.75) is 12.9 Å². The van der Waals surface area contributed by atoms with Crippen molar-refractivity contribution in [2.24, 2.45) is 0 Å². The summed E-state index contributed by atoms with van der Waals surface area (Å²) >= 11 is 1.60. The summed E-state index contributed by atoms with van der Waals surface area (Å²) < 4.78 is 40.4. The maximum atomic E-state index is 12.6. The van der Waals surface area contributed by atoms with Crippen LogP contribution in [-0.4, -0.2) is 29.0 Å². The SMILES string of the molecule is O=C1N(Cc2ccc(OC(F)(F)F)cc2)CSCN1c1ccccc1. The van der Waals surface area contributed by atoms with Gasteiger partial charge in [0.15, 0.2) is 0 Å². The smallest absolute Gasteiger partial charge is 0.406 e. The molecule has 0 radical (unpaired) electrons. The van der Waals surface area contributed by atoms with Gasteiger partial charge in [0.05, 0.1) is 11.8 Å². The second kappa shape index (κ2) is 7.26. The highest BCUT2D eigenvalue weighted by Gasteiger charge is 2.31. The molecular weight excluding hydrogens is 353 g/mol. The quantitative estimate of drug-likeness (QED) is 0.786. The Hall–Kier alpha value is -2.35. The Kier molecular flexibility index (Phi) is 5.08. The van der Waals surface area contributed by atoms with Crippen molar-refractivity contribution in [3.05, 3.63) is 60.2 Å². The third-order valence-corrected chi connectivity index (χ3v) is 4.50. The lowest BCUT2D eigenvalue weighted by molar-refractivity contribution is -0.274. The Labute approximate surface area is 147 Å². The fourth-order valence-electron chi connectivity index (χ4n) is 2.45. The molecule has 0 spiro atoms. The molecule has 0 unspecified atom stereocenters. The van der Waals surface area contributed by atoms with E-state index in [0.29, 0.717) is 18.3 Å². The van der Waals surface area contributed by atoms with E-state index in [-0.39, 0.29) is 11.8 Å². The van der Waals surface area contributed by atoms with Gasteiger partial charge >= 0.3 is 12.4 Å². The Morgan fingerprint density at radius 1 is 1.00 bits per heavy atom. The minimum atomic E-state index is -4.71. The lowest BCUT2D eigenvalue weighted by atomic mass is 10.2. The minimum Gasteiger partial charge on any atom is -0.406 e. The van der Waals surface area contributed by atoms with Crippen LogP contribution in [0.4, 0.5) is 23.7 Å². The number of hydrogen-bond donors (Lipinski definition) is 0. The summed E-state index contributed by atoms with van der Waals surface area (Å²) in [7, 11) is 0. The number of anilines is 1. The van der Waals surface area contributed by atoms with Crippen molar-refractivity contribution in [2.75, 3.05) is 16.7 Å². The third kappa shape index (κ3) is 4.60. The standard InChI is InChI=1S/C17H15F3N2O2S/c18-17(19,20)24-15-8-6-13(7-9-15)10-21-11-25-12-22(16(21)23)14-4-2-1-3-5-14/h1-9H,10-12H2. The maximum Gasteiger partial charge on any atom is 0.573 e. The molecule has 0 aromatic heterocycles. The second-order valence-electron chi connectivity index (χ2n) is 5.40. The van der Waals surface area contributed by atoms with Crippen molar-refractivity contribution in [3.63, 3.8) is 0 Å². The number of para-hydroxylation sites is 1. The summed E-state index contributed by atoms with van der Waals surface area (Å²) in [6.45, 7) is 0.321. The van der Waals surface area contributed by atoms with E-state index < -0.39 is 6.36 Å². The number of ether oxygens (including phenoxy) is 1. The molecule has 0 atom stereocenters. The predicted molar refractivity (Wildman–Crippen MR) is 90.3 cm³/mol. The number of thioether (sulfide) groups is 1. The average molecular weight is 368 g/mol. The zero-order chi connectivity index (χ0) is 17.9. The highest BCUT2D eigenvalue weighted by molar-refractivity contribution is 7.99. The van der Waals surface area contributed by atoms with Crippen molar-refractivity contribution < 1.29 is 22.7 Å². The molecule has 132 valence electrons. The lowest BCUT2D eigenvalue weighted by Crippen LogP contribution is -2.46. The molecule has 1 aliphatic rings. The van der Waals surface area contributed by atoms with Crippen molar-refractivity contribution in [3.8, 4) is 5.75 Å². The van der Waals surface area contributed by atoms with Crippen LogP contribution >= 0.6 is 11.8 Å². The van der Waals surface area contributed by atoms with E-state index in [9.17, 15) is 18.0 Å². The molecule has 1 fully saturated rings. The Morgan fingerprint density at radius 3 is 2.32 bits per heavy atom. The van der Waals surface area contributed by atoms with Crippen LogP contribution < -0.4 is 9.64 Å². The first-order valence-corrected chi connectivity index (χ1v) is 8.62. The van der Waals surface area contributed by atoms with Crippen LogP contribution in [-0.2, 0) is 6.54 Å². The van der Waals surface area contributed by atoms with E-state index in [0.717, 1.165) is 11.3 Å². The molecular formula is C17H15F3N2O2S. The number of hydrogen-bond acceptors (Lipinski definition) is 3. The number of carbonyl (C=O) groups excluding carboxylic acids is 1. The first kappa shape index (κ1) is 17.5. The number of benzene rings is 2. The molecule has 1 heterocycles. The Morgan fingerprint density at radius 2 is 1.68 bits per heavy atom. The molecule has 2 amide bonds. The van der Waals surface area contributed by atoms with E-state index in [2.05, 4.69) is 4.74 Å². The lowest BCUT2D eigenvalue weighted by Gasteiger charge is -2.35. The van der Waals surface area contributed by atoms with Crippen LogP contribution in [0.15, 0.2) is 54.6 Å². The first-order chi connectivity index (χ1) is 11.9. The monoisotopic (exact) mass is 368 g/mol. The van der Waals surface area contributed by atoms with Crippen LogP contribution in [0.25, 0.3) is 0 Å². The number of urea groups is 1. The van der Waals surface area contributed by atoms with Gasteiger partial charge in [-0.2, -0.15) is 0 Å². The van der Waals surface area contributed by atoms with E-state index in [4.69, 9.17) is 0 Å². The van der Waals surface area contributed by atoms with Crippen molar-refractivity contribution in [1.29, 1.82) is 0 Å². The fraction of sp³-hybridized carbons (Fsp3) is 0.235. The number of nitrogens with zero attached hydrogens (tertiary/aromatic N) is 2. The third-order valence-electron chi connectivity index (χ3n) is 3.57. The van der Waals surface area contributed by atoms with E-state index in [1.165, 1.54) is 24.3 Å². The molecule has 0 bridgehead atoms. The zero-order valence-electron chi connectivity index (χ0n) is 13.1. The van der Waals surface area contributed by atoms with Crippen molar-refractivity contribution >= 4 is 23.5 Å². The molecule has 4 nitrogen and oxygen atoms in total. The Balaban J connectivity index is 1.67. The highest BCUT2D eigenvalue weighted by atomic mass is 32.2. The topological polar surface area (TPSA) is 32.8 Å². The second-order valence-corrected chi connectivity index (χ2v) is 6.32. The average Bonchev–Trinajstić information content (AvgIpc) is 2.58. The number of alkyl halides is 3. The summed E-state index contributed by atoms with van der Waals surface area (Å²) in [4.78, 5) is 16.0. The largest absolute Gasteiger partial charge is 0.573 e. The predicted octanol–water partition coefficient (Wildman–Crippen LogP) is 4.68. The molecule has 0 N–H and O–H groups in total.